The van der Waals surface area contributed by atoms with Gasteiger partial charge in [-0.3, -0.25) is 0 Å². The summed E-state index contributed by atoms with van der Waals surface area (Å²) in [6.45, 7) is 12.0. The first-order valence-corrected chi connectivity index (χ1v) is 12.4. The standard InChI is InChI=1S/C27H44O5/c1-16(8-13-23(29)26(3,4)32)20-11-12-21-18(7-6-14-27(20,21)5)9-10-19-15-22(28)25(31)24(30)17(19)2/h9-10,16,20-25,28-32H,2,6-8,11-15H2,1,3-5H3/b18-9-,19-10-/t16-,20-,21+,22-,23-,24-,25-,27-/m1/s1. The normalized spacial score (nSPS) is 40.5. The maximum Gasteiger partial charge on any atom is 0.110 e. The van der Waals surface area contributed by atoms with Crippen LogP contribution in [0.3, 0.4) is 0 Å². The molecule has 0 spiro atoms. The second kappa shape index (κ2) is 9.71. The minimum Gasteiger partial charge on any atom is -0.390 e. The van der Waals surface area contributed by atoms with E-state index in [-0.39, 0.29) is 5.41 Å². The molecule has 0 amide bonds. The first kappa shape index (κ1) is 25.6. The van der Waals surface area contributed by atoms with E-state index in [1.54, 1.807) is 13.8 Å². The van der Waals surface area contributed by atoms with Crippen LogP contribution in [-0.2, 0) is 0 Å². The van der Waals surface area contributed by atoms with Crippen LogP contribution in [0, 0.1) is 23.2 Å². The largest absolute Gasteiger partial charge is 0.390 e. The van der Waals surface area contributed by atoms with Gasteiger partial charge in [-0.2, -0.15) is 0 Å². The van der Waals surface area contributed by atoms with E-state index in [0.29, 0.717) is 36.2 Å². The van der Waals surface area contributed by atoms with Crippen LogP contribution < -0.4 is 0 Å². The molecule has 0 aromatic carbocycles. The van der Waals surface area contributed by atoms with E-state index in [0.717, 1.165) is 24.8 Å². The zero-order valence-electron chi connectivity index (χ0n) is 20.3. The van der Waals surface area contributed by atoms with Crippen molar-refractivity contribution < 1.29 is 25.5 Å². The summed E-state index contributed by atoms with van der Waals surface area (Å²) in [7, 11) is 0. The van der Waals surface area contributed by atoms with Crippen LogP contribution in [0.1, 0.15) is 79.1 Å². The van der Waals surface area contributed by atoms with Gasteiger partial charge in [0.2, 0.25) is 0 Å². The Hall–Kier alpha value is -0.980. The molecule has 5 N–H and O–H groups in total. The second-order valence-corrected chi connectivity index (χ2v) is 11.5. The summed E-state index contributed by atoms with van der Waals surface area (Å²) < 4.78 is 0. The van der Waals surface area contributed by atoms with E-state index >= 15 is 0 Å². The topological polar surface area (TPSA) is 101 Å². The van der Waals surface area contributed by atoms with Crippen molar-refractivity contribution in [2.75, 3.05) is 0 Å². The molecule has 3 aliphatic rings. The molecular weight excluding hydrogens is 404 g/mol. The van der Waals surface area contributed by atoms with Crippen LogP contribution >= 0.6 is 0 Å². The lowest BCUT2D eigenvalue weighted by Gasteiger charge is -2.44. The fraction of sp³-hybridized carbons (Fsp3) is 0.778. The number of hydrogen-bond donors (Lipinski definition) is 5. The summed E-state index contributed by atoms with van der Waals surface area (Å²) in [5.74, 6) is 1.61. The van der Waals surface area contributed by atoms with Gasteiger partial charge in [0.15, 0.2) is 0 Å². The van der Waals surface area contributed by atoms with Gasteiger partial charge in [-0.1, -0.05) is 38.2 Å². The van der Waals surface area contributed by atoms with Gasteiger partial charge in [0.1, 0.15) is 12.2 Å². The molecule has 3 fully saturated rings. The number of aliphatic hydroxyl groups is 5. The van der Waals surface area contributed by atoms with Crippen molar-refractivity contribution in [3.8, 4) is 0 Å². The molecule has 0 aliphatic heterocycles. The lowest BCUT2D eigenvalue weighted by Crippen LogP contribution is -2.43. The number of fused-ring (bicyclic) bond motifs is 1. The predicted molar refractivity (Wildman–Crippen MR) is 127 cm³/mol. The third-order valence-corrected chi connectivity index (χ3v) is 8.85. The second-order valence-electron chi connectivity index (χ2n) is 11.5. The van der Waals surface area contributed by atoms with E-state index in [4.69, 9.17) is 0 Å². The molecule has 3 aliphatic carbocycles. The maximum absolute atomic E-state index is 10.3. The third kappa shape index (κ3) is 5.07. The van der Waals surface area contributed by atoms with Crippen LogP contribution in [0.2, 0.25) is 0 Å². The van der Waals surface area contributed by atoms with Crippen molar-refractivity contribution in [3.05, 3.63) is 35.5 Å². The lowest BCUT2D eigenvalue weighted by atomic mass is 9.60. The maximum atomic E-state index is 10.3. The van der Waals surface area contributed by atoms with E-state index in [1.807, 2.05) is 6.08 Å². The van der Waals surface area contributed by atoms with Crippen molar-refractivity contribution >= 4 is 0 Å². The lowest BCUT2D eigenvalue weighted by molar-refractivity contribution is -0.0554. The Balaban J connectivity index is 1.72. The summed E-state index contributed by atoms with van der Waals surface area (Å²) in [4.78, 5) is 0. The number of allylic oxidation sites excluding steroid dienone is 3. The molecule has 5 nitrogen and oxygen atoms in total. The Kier molecular flexibility index (Phi) is 7.78. The molecule has 0 saturated heterocycles. The Labute approximate surface area is 193 Å². The van der Waals surface area contributed by atoms with Crippen molar-refractivity contribution in [2.24, 2.45) is 23.2 Å². The molecule has 182 valence electrons. The first-order valence-electron chi connectivity index (χ1n) is 12.4. The van der Waals surface area contributed by atoms with Gasteiger partial charge < -0.3 is 25.5 Å². The zero-order chi connectivity index (χ0) is 23.8. The van der Waals surface area contributed by atoms with Gasteiger partial charge in [-0.25, -0.2) is 0 Å². The smallest absolute Gasteiger partial charge is 0.110 e. The van der Waals surface area contributed by atoms with Crippen LogP contribution in [0.5, 0.6) is 0 Å². The quantitative estimate of drug-likeness (QED) is 0.427. The molecule has 8 atom stereocenters. The average Bonchev–Trinajstić information content (AvgIpc) is 3.08. The molecule has 3 rings (SSSR count). The van der Waals surface area contributed by atoms with Crippen LogP contribution in [-0.4, -0.2) is 55.5 Å². The van der Waals surface area contributed by atoms with Gasteiger partial charge in [0.25, 0.3) is 0 Å². The molecule has 0 radical (unpaired) electrons. The summed E-state index contributed by atoms with van der Waals surface area (Å²) in [5.41, 5.74) is 1.94. The van der Waals surface area contributed by atoms with Crippen molar-refractivity contribution in [3.63, 3.8) is 0 Å². The number of rotatable bonds is 6. The first-order chi connectivity index (χ1) is 14.9. The SMILES string of the molecule is C=C1/C(=C\C=C2\CCC[C@]3(C)[C@@H]([C@H](C)CC[C@@H](O)C(C)(C)O)CC[C@@H]23)C[C@@H](O)[C@@H](O)[C@@H]1O. The zero-order valence-corrected chi connectivity index (χ0v) is 20.3. The van der Waals surface area contributed by atoms with E-state index < -0.39 is 30.0 Å². The molecular formula is C27H44O5. The summed E-state index contributed by atoms with van der Waals surface area (Å²) >= 11 is 0. The van der Waals surface area contributed by atoms with Gasteiger partial charge in [0.05, 0.1) is 17.8 Å². The van der Waals surface area contributed by atoms with E-state index in [9.17, 15) is 25.5 Å². The molecule has 5 heteroatoms. The van der Waals surface area contributed by atoms with Gasteiger partial charge in [-0.05, 0) is 93.1 Å². The van der Waals surface area contributed by atoms with Crippen LogP contribution in [0.15, 0.2) is 35.5 Å². The van der Waals surface area contributed by atoms with E-state index in [2.05, 4.69) is 26.5 Å². The van der Waals surface area contributed by atoms with Crippen molar-refractivity contribution in [1.29, 1.82) is 0 Å². The molecule has 32 heavy (non-hydrogen) atoms. The highest BCUT2D eigenvalue weighted by atomic mass is 16.4. The summed E-state index contributed by atoms with van der Waals surface area (Å²) in [6, 6.07) is 0. The Morgan fingerprint density at radius 2 is 1.84 bits per heavy atom. The highest BCUT2D eigenvalue weighted by Crippen LogP contribution is 2.60. The van der Waals surface area contributed by atoms with Gasteiger partial charge in [0, 0.05) is 6.42 Å². The Morgan fingerprint density at radius 1 is 1.16 bits per heavy atom. The van der Waals surface area contributed by atoms with Crippen molar-refractivity contribution in [2.45, 2.75) is 109 Å². The highest BCUT2D eigenvalue weighted by molar-refractivity contribution is 5.40. The molecule has 0 heterocycles. The predicted octanol–water partition coefficient (Wildman–Crippen LogP) is 3.65. The number of aliphatic hydroxyl groups excluding tert-OH is 4. The molecule has 0 bridgehead atoms. The molecule has 3 saturated carbocycles. The highest BCUT2D eigenvalue weighted by Gasteiger charge is 2.50. The fourth-order valence-electron chi connectivity index (χ4n) is 6.66. The Morgan fingerprint density at radius 3 is 2.50 bits per heavy atom. The third-order valence-electron chi connectivity index (χ3n) is 8.85. The van der Waals surface area contributed by atoms with Crippen LogP contribution in [0.4, 0.5) is 0 Å². The minimum absolute atomic E-state index is 0.237. The number of hydrogen-bond acceptors (Lipinski definition) is 5. The fourth-order valence-corrected chi connectivity index (χ4v) is 6.66. The summed E-state index contributed by atoms with van der Waals surface area (Å²) in [6.07, 6.45) is 7.88. The van der Waals surface area contributed by atoms with E-state index in [1.165, 1.54) is 24.8 Å². The average molecular weight is 449 g/mol. The van der Waals surface area contributed by atoms with Gasteiger partial charge >= 0.3 is 0 Å². The van der Waals surface area contributed by atoms with Gasteiger partial charge in [-0.15, -0.1) is 0 Å². The molecule has 0 aromatic rings. The van der Waals surface area contributed by atoms with Crippen LogP contribution in [0.25, 0.3) is 0 Å². The molecule has 0 unspecified atom stereocenters. The van der Waals surface area contributed by atoms with Crippen molar-refractivity contribution in [1.82, 2.24) is 0 Å². The Bertz CT molecular complexity index is 748. The summed E-state index contributed by atoms with van der Waals surface area (Å²) in [5, 5.41) is 50.4. The monoisotopic (exact) mass is 448 g/mol. The minimum atomic E-state index is -1.17. The molecule has 0 aromatic heterocycles.